The van der Waals surface area contributed by atoms with E-state index >= 15 is 0 Å². The van der Waals surface area contributed by atoms with Gasteiger partial charge in [0.2, 0.25) is 0 Å². The second-order valence-corrected chi connectivity index (χ2v) is 8.97. The summed E-state index contributed by atoms with van der Waals surface area (Å²) < 4.78 is 23.6. The second-order valence-electron chi connectivity index (χ2n) is 5.68. The van der Waals surface area contributed by atoms with Gasteiger partial charge in [-0.3, -0.25) is 4.79 Å². The van der Waals surface area contributed by atoms with Crippen LogP contribution in [0, 0.1) is 0 Å². The van der Waals surface area contributed by atoms with Gasteiger partial charge in [0.1, 0.15) is 0 Å². The van der Waals surface area contributed by atoms with Gasteiger partial charge in [-0.1, -0.05) is 39.7 Å². The third-order valence-corrected chi connectivity index (χ3v) is 5.43. The molecule has 0 radical (unpaired) electrons. The number of nitrogens with one attached hydrogen (secondary N) is 1. The minimum Gasteiger partial charge on any atom is -0.322 e. The van der Waals surface area contributed by atoms with Crippen LogP contribution >= 0.6 is 27.5 Å². The zero-order valence-corrected chi connectivity index (χ0v) is 17.1. The highest BCUT2D eigenvalue weighted by atomic mass is 79.9. The van der Waals surface area contributed by atoms with E-state index in [1.807, 2.05) is 0 Å². The van der Waals surface area contributed by atoms with Crippen LogP contribution in [0.15, 0.2) is 64.1 Å². The van der Waals surface area contributed by atoms with Crippen LogP contribution < -0.4 is 5.32 Å². The van der Waals surface area contributed by atoms with Gasteiger partial charge in [0.25, 0.3) is 5.91 Å². The number of amides is 1. The van der Waals surface area contributed by atoms with Gasteiger partial charge in [0.05, 0.1) is 16.3 Å². The average Bonchev–Trinajstić information content (AvgIpc) is 2.63. The number of nitrogens with zero attached hydrogens (tertiary/aromatic N) is 2. The first kappa shape index (κ1) is 19.5. The lowest BCUT2D eigenvalue weighted by atomic mass is 10.1. The number of aromatic nitrogens is 2. The summed E-state index contributed by atoms with van der Waals surface area (Å²) >= 11 is 9.38. The molecule has 0 saturated carbocycles. The molecule has 0 bridgehead atoms. The molecule has 1 N–H and O–H groups in total. The number of carbonyl (C=O) groups excluding carboxylic acids is 1. The predicted octanol–water partition coefficient (Wildman–Crippen LogP) is 4.22. The van der Waals surface area contributed by atoms with Gasteiger partial charge in [0, 0.05) is 22.0 Å². The molecule has 0 aliphatic heterocycles. The molecule has 3 rings (SSSR count). The van der Waals surface area contributed by atoms with Gasteiger partial charge < -0.3 is 5.32 Å². The first-order chi connectivity index (χ1) is 12.7. The molecule has 0 fully saturated rings. The Bertz CT molecular complexity index is 1100. The van der Waals surface area contributed by atoms with Crippen LogP contribution in [-0.4, -0.2) is 30.8 Å². The van der Waals surface area contributed by atoms with Crippen LogP contribution in [-0.2, 0) is 9.84 Å². The topological polar surface area (TPSA) is 89.0 Å². The van der Waals surface area contributed by atoms with E-state index in [1.54, 1.807) is 48.5 Å². The average molecular weight is 467 g/mol. The van der Waals surface area contributed by atoms with Gasteiger partial charge in [-0.05, 0) is 42.5 Å². The Labute approximate surface area is 169 Å². The van der Waals surface area contributed by atoms with Crippen molar-refractivity contribution in [3.05, 3.63) is 69.7 Å². The van der Waals surface area contributed by atoms with Crippen molar-refractivity contribution in [1.29, 1.82) is 0 Å². The highest BCUT2D eigenvalue weighted by molar-refractivity contribution is 9.10. The fraction of sp³-hybridized carbons (Fsp3) is 0.0556. The van der Waals surface area contributed by atoms with E-state index in [0.29, 0.717) is 22.0 Å². The van der Waals surface area contributed by atoms with E-state index in [-0.39, 0.29) is 10.9 Å². The zero-order chi connectivity index (χ0) is 19.6. The monoisotopic (exact) mass is 465 g/mol. The normalized spacial score (nSPS) is 11.2. The summed E-state index contributed by atoms with van der Waals surface area (Å²) in [5.41, 5.74) is 2.20. The van der Waals surface area contributed by atoms with Crippen LogP contribution in [0.2, 0.25) is 5.02 Å². The molecule has 6 nitrogen and oxygen atoms in total. The van der Waals surface area contributed by atoms with E-state index in [1.165, 1.54) is 6.07 Å². The first-order valence-electron chi connectivity index (χ1n) is 7.65. The second kappa shape index (κ2) is 7.75. The number of sulfone groups is 1. The number of hydrogen-bond acceptors (Lipinski definition) is 5. The van der Waals surface area contributed by atoms with E-state index in [4.69, 9.17) is 11.6 Å². The quantitative estimate of drug-likeness (QED) is 0.622. The minimum atomic E-state index is -3.39. The van der Waals surface area contributed by atoms with Crippen LogP contribution in [0.1, 0.15) is 10.4 Å². The molecule has 1 amide bonds. The Morgan fingerprint density at radius 3 is 2.33 bits per heavy atom. The Kier molecular flexibility index (Phi) is 5.59. The van der Waals surface area contributed by atoms with Crippen molar-refractivity contribution in [3.8, 4) is 11.3 Å². The van der Waals surface area contributed by atoms with Gasteiger partial charge in [-0.2, -0.15) is 0 Å². The number of rotatable bonds is 4. The Morgan fingerprint density at radius 2 is 1.74 bits per heavy atom. The van der Waals surface area contributed by atoms with Crippen molar-refractivity contribution in [2.75, 3.05) is 11.6 Å². The summed E-state index contributed by atoms with van der Waals surface area (Å²) in [6.07, 6.45) is 1.08. The number of halogens is 2. The molecule has 9 heteroatoms. The summed E-state index contributed by atoms with van der Waals surface area (Å²) in [5, 5.41) is 10.7. The molecular weight excluding hydrogens is 454 g/mol. The van der Waals surface area contributed by atoms with Gasteiger partial charge >= 0.3 is 0 Å². The maximum Gasteiger partial charge on any atom is 0.257 e. The zero-order valence-electron chi connectivity index (χ0n) is 14.0. The van der Waals surface area contributed by atoms with Gasteiger partial charge in [0.15, 0.2) is 14.9 Å². The van der Waals surface area contributed by atoms with Crippen molar-refractivity contribution >= 4 is 49.0 Å². The third kappa shape index (κ3) is 4.71. The van der Waals surface area contributed by atoms with E-state index in [2.05, 4.69) is 31.4 Å². The molecule has 0 unspecified atom stereocenters. The third-order valence-electron chi connectivity index (χ3n) is 3.63. The smallest absolute Gasteiger partial charge is 0.257 e. The Hall–Kier alpha value is -2.29. The first-order valence-corrected chi connectivity index (χ1v) is 10.7. The lowest BCUT2D eigenvalue weighted by Gasteiger charge is -2.08. The Morgan fingerprint density at radius 1 is 1.04 bits per heavy atom. The molecule has 0 saturated heterocycles. The number of benzene rings is 2. The number of hydrogen-bond donors (Lipinski definition) is 1. The predicted molar refractivity (Wildman–Crippen MR) is 108 cm³/mol. The van der Waals surface area contributed by atoms with Crippen molar-refractivity contribution in [3.63, 3.8) is 0 Å². The summed E-state index contributed by atoms with van der Waals surface area (Å²) in [6.45, 7) is 0. The molecule has 27 heavy (non-hydrogen) atoms. The molecular formula is C18H13BrClN3O3S. The standard InChI is InChI=1S/C18H13BrClN3O3S/c1-27(25,26)17-9-8-16(22-23-17)11-2-5-13(6-3-11)21-18(24)14-10-12(19)4-7-15(14)20/h2-10H,1H3,(H,21,24). The molecule has 0 atom stereocenters. The SMILES string of the molecule is CS(=O)(=O)c1ccc(-c2ccc(NC(=O)c3cc(Br)ccc3Cl)cc2)nn1. The molecule has 3 aromatic rings. The lowest BCUT2D eigenvalue weighted by molar-refractivity contribution is 0.102. The summed E-state index contributed by atoms with van der Waals surface area (Å²) in [7, 11) is -3.39. The van der Waals surface area contributed by atoms with E-state index in [0.717, 1.165) is 16.3 Å². The minimum absolute atomic E-state index is 0.0824. The maximum atomic E-state index is 12.4. The highest BCUT2D eigenvalue weighted by Crippen LogP contribution is 2.23. The molecule has 138 valence electrons. The van der Waals surface area contributed by atoms with E-state index < -0.39 is 9.84 Å². The number of anilines is 1. The molecule has 0 aliphatic rings. The van der Waals surface area contributed by atoms with Crippen LogP contribution in [0.3, 0.4) is 0 Å². The van der Waals surface area contributed by atoms with Crippen LogP contribution in [0.4, 0.5) is 5.69 Å². The van der Waals surface area contributed by atoms with Crippen molar-refractivity contribution in [1.82, 2.24) is 10.2 Å². The van der Waals surface area contributed by atoms with Crippen molar-refractivity contribution < 1.29 is 13.2 Å². The maximum absolute atomic E-state index is 12.4. The Balaban J connectivity index is 1.77. The number of carbonyl (C=O) groups is 1. The largest absolute Gasteiger partial charge is 0.322 e. The molecule has 1 heterocycles. The summed E-state index contributed by atoms with van der Waals surface area (Å²) in [5.74, 6) is -0.327. The van der Waals surface area contributed by atoms with Crippen molar-refractivity contribution in [2.24, 2.45) is 0 Å². The highest BCUT2D eigenvalue weighted by Gasteiger charge is 2.12. The van der Waals surface area contributed by atoms with Crippen molar-refractivity contribution in [2.45, 2.75) is 5.03 Å². The molecule has 1 aromatic heterocycles. The van der Waals surface area contributed by atoms with Gasteiger partial charge in [-0.15, -0.1) is 10.2 Å². The fourth-order valence-electron chi connectivity index (χ4n) is 2.27. The lowest BCUT2D eigenvalue weighted by Crippen LogP contribution is -2.12. The van der Waals surface area contributed by atoms with Crippen LogP contribution in [0.25, 0.3) is 11.3 Å². The van der Waals surface area contributed by atoms with E-state index in [9.17, 15) is 13.2 Å². The molecule has 2 aromatic carbocycles. The summed E-state index contributed by atoms with van der Waals surface area (Å²) in [6, 6.07) is 15.0. The summed E-state index contributed by atoms with van der Waals surface area (Å²) in [4.78, 5) is 12.4. The molecule has 0 spiro atoms. The van der Waals surface area contributed by atoms with Gasteiger partial charge in [-0.25, -0.2) is 8.42 Å². The van der Waals surface area contributed by atoms with Crippen LogP contribution in [0.5, 0.6) is 0 Å². The fourth-order valence-corrected chi connectivity index (χ4v) is 3.33. The molecule has 0 aliphatic carbocycles.